The molecule has 0 aromatic rings. The Morgan fingerprint density at radius 1 is 1.42 bits per heavy atom. The summed E-state index contributed by atoms with van der Waals surface area (Å²) in [6.45, 7) is 1.68. The first-order chi connectivity index (χ1) is 5.70. The first-order valence-electron chi connectivity index (χ1n) is 3.37. The molecule has 68 valence electrons. The molecule has 0 aliphatic rings. The lowest BCUT2D eigenvalue weighted by atomic mass is 10.4. The van der Waals surface area contributed by atoms with Crippen molar-refractivity contribution in [1.29, 1.82) is 0 Å². The van der Waals surface area contributed by atoms with Crippen molar-refractivity contribution in [2.45, 2.75) is 13.3 Å². The second kappa shape index (κ2) is 9.50. The first-order valence-corrected chi connectivity index (χ1v) is 3.37. The van der Waals surface area contributed by atoms with Crippen molar-refractivity contribution in [2.24, 2.45) is 0 Å². The first kappa shape index (κ1) is 13.1. The third-order valence-corrected chi connectivity index (χ3v) is 0.979. The number of hydrogen-bond donors (Lipinski definition) is 1. The molecule has 1 amide bonds. The van der Waals surface area contributed by atoms with Gasteiger partial charge < -0.3 is 10.1 Å². The summed E-state index contributed by atoms with van der Waals surface area (Å²) in [6, 6.07) is 0. The molecule has 0 rings (SSSR count). The number of amides is 1. The molecule has 0 fully saturated rings. The molecule has 0 bridgehead atoms. The molecule has 0 aromatic carbocycles. The van der Waals surface area contributed by atoms with Crippen molar-refractivity contribution in [3.63, 3.8) is 0 Å². The number of esters is 1. The molecule has 0 aliphatic heterocycles. The van der Waals surface area contributed by atoms with E-state index in [1.807, 2.05) is 0 Å². The Morgan fingerprint density at radius 3 is 2.25 bits per heavy atom. The van der Waals surface area contributed by atoms with Crippen molar-refractivity contribution in [2.75, 3.05) is 13.7 Å². The molecule has 0 heterocycles. The zero-order valence-electron chi connectivity index (χ0n) is 7.29. The van der Waals surface area contributed by atoms with Crippen LogP contribution in [0.4, 0.5) is 0 Å². The van der Waals surface area contributed by atoms with Gasteiger partial charge in [-0.1, -0.05) is 6.92 Å². The van der Waals surface area contributed by atoms with E-state index in [0.717, 1.165) is 0 Å². The third kappa shape index (κ3) is 8.50. The molecular formula is C8H13NO3. The van der Waals surface area contributed by atoms with E-state index in [-0.39, 0.29) is 12.5 Å². The van der Waals surface area contributed by atoms with Gasteiger partial charge in [-0.15, -0.1) is 12.8 Å². The van der Waals surface area contributed by atoms with Crippen molar-refractivity contribution < 1.29 is 14.3 Å². The van der Waals surface area contributed by atoms with Crippen LogP contribution in [0.5, 0.6) is 0 Å². The maximum absolute atomic E-state index is 10.5. The maximum Gasteiger partial charge on any atom is 0.325 e. The molecule has 0 aromatic heterocycles. The zero-order valence-corrected chi connectivity index (χ0v) is 7.29. The number of methoxy groups -OCH3 is 1. The van der Waals surface area contributed by atoms with Gasteiger partial charge in [-0.05, 0) is 0 Å². The van der Waals surface area contributed by atoms with E-state index in [4.69, 9.17) is 0 Å². The van der Waals surface area contributed by atoms with E-state index in [9.17, 15) is 9.59 Å². The molecular weight excluding hydrogens is 158 g/mol. The number of ether oxygens (including phenoxy) is 1. The van der Waals surface area contributed by atoms with Crippen molar-refractivity contribution in [3.8, 4) is 12.8 Å². The Labute approximate surface area is 72.3 Å². The lowest BCUT2D eigenvalue weighted by molar-refractivity contribution is -0.141. The zero-order chi connectivity index (χ0) is 9.98. The summed E-state index contributed by atoms with van der Waals surface area (Å²) in [5.74, 6) is -0.577. The van der Waals surface area contributed by atoms with E-state index in [0.29, 0.717) is 6.42 Å². The van der Waals surface area contributed by atoms with Crippen molar-refractivity contribution in [3.05, 3.63) is 0 Å². The summed E-state index contributed by atoms with van der Waals surface area (Å²) in [4.78, 5) is 20.9. The van der Waals surface area contributed by atoms with Crippen LogP contribution < -0.4 is 5.32 Å². The van der Waals surface area contributed by atoms with Gasteiger partial charge in [-0.2, -0.15) is 0 Å². The van der Waals surface area contributed by atoms with Crippen molar-refractivity contribution in [1.82, 2.24) is 5.32 Å². The minimum absolute atomic E-state index is 0.0385. The molecule has 0 spiro atoms. The highest BCUT2D eigenvalue weighted by atomic mass is 16.5. The number of hydrogen-bond acceptors (Lipinski definition) is 3. The van der Waals surface area contributed by atoms with Crippen molar-refractivity contribution >= 4 is 11.9 Å². The molecule has 12 heavy (non-hydrogen) atoms. The SMILES string of the molecule is C#C.CCC(=O)NCC(=O)OC. The average molecular weight is 171 g/mol. The molecule has 0 aliphatic carbocycles. The summed E-state index contributed by atoms with van der Waals surface area (Å²) in [6.07, 6.45) is 8.39. The second-order valence-electron chi connectivity index (χ2n) is 1.71. The van der Waals surface area contributed by atoms with Gasteiger partial charge in [-0.25, -0.2) is 0 Å². The standard InChI is InChI=1S/C6H11NO3.C2H2/c1-3-5(8)7-4-6(9)10-2;1-2/h3-4H2,1-2H3,(H,7,8);1-2H. The molecule has 4 nitrogen and oxygen atoms in total. The summed E-state index contributed by atoms with van der Waals surface area (Å²) < 4.78 is 4.29. The smallest absolute Gasteiger partial charge is 0.325 e. The van der Waals surface area contributed by atoms with E-state index in [1.54, 1.807) is 6.92 Å². The third-order valence-electron chi connectivity index (χ3n) is 0.979. The Kier molecular flexibility index (Phi) is 10.4. The Morgan fingerprint density at radius 2 is 1.92 bits per heavy atom. The fraction of sp³-hybridized carbons (Fsp3) is 0.500. The summed E-state index contributed by atoms with van der Waals surface area (Å²) in [5, 5.41) is 2.37. The molecule has 0 atom stereocenters. The number of rotatable bonds is 3. The molecule has 1 N–H and O–H groups in total. The molecule has 4 heteroatoms. The summed E-state index contributed by atoms with van der Waals surface area (Å²) >= 11 is 0. The van der Waals surface area contributed by atoms with Crippen LogP contribution in [-0.2, 0) is 14.3 Å². The highest BCUT2D eigenvalue weighted by Gasteiger charge is 2.00. The fourth-order valence-corrected chi connectivity index (χ4v) is 0.368. The van der Waals surface area contributed by atoms with Gasteiger partial charge in [0.1, 0.15) is 6.54 Å². The van der Waals surface area contributed by atoms with Crippen LogP contribution in [0.3, 0.4) is 0 Å². The monoisotopic (exact) mass is 171 g/mol. The number of terminal acetylenes is 1. The largest absolute Gasteiger partial charge is 0.468 e. The lowest BCUT2D eigenvalue weighted by Crippen LogP contribution is -2.29. The van der Waals surface area contributed by atoms with Crippen LogP contribution in [-0.4, -0.2) is 25.5 Å². The average Bonchev–Trinajstić information content (AvgIpc) is 2.16. The highest BCUT2D eigenvalue weighted by Crippen LogP contribution is 1.75. The van der Waals surface area contributed by atoms with E-state index < -0.39 is 5.97 Å². The topological polar surface area (TPSA) is 55.4 Å². The predicted octanol–water partition coefficient (Wildman–Crippen LogP) is -0.0650. The van der Waals surface area contributed by atoms with Gasteiger partial charge in [0.05, 0.1) is 7.11 Å². The van der Waals surface area contributed by atoms with E-state index in [2.05, 4.69) is 22.9 Å². The van der Waals surface area contributed by atoms with Crippen LogP contribution in [0.1, 0.15) is 13.3 Å². The molecule has 0 saturated heterocycles. The Bertz CT molecular complexity index is 147. The van der Waals surface area contributed by atoms with Gasteiger partial charge in [0, 0.05) is 6.42 Å². The summed E-state index contributed by atoms with van der Waals surface area (Å²) in [7, 11) is 1.28. The van der Waals surface area contributed by atoms with Crippen LogP contribution in [0.25, 0.3) is 0 Å². The highest BCUT2D eigenvalue weighted by molar-refractivity contribution is 5.81. The number of carbonyl (C=O) groups is 2. The normalized spacial score (nSPS) is 7.33. The molecule has 0 saturated carbocycles. The molecule has 0 unspecified atom stereocenters. The van der Waals surface area contributed by atoms with Crippen LogP contribution in [0, 0.1) is 12.8 Å². The quantitative estimate of drug-likeness (QED) is 0.478. The van der Waals surface area contributed by atoms with Gasteiger partial charge >= 0.3 is 5.97 Å². The number of nitrogens with one attached hydrogen (secondary N) is 1. The van der Waals surface area contributed by atoms with Gasteiger partial charge in [-0.3, -0.25) is 9.59 Å². The Balaban J connectivity index is 0. The molecule has 0 radical (unpaired) electrons. The van der Waals surface area contributed by atoms with Gasteiger partial charge in [0.25, 0.3) is 0 Å². The van der Waals surface area contributed by atoms with E-state index >= 15 is 0 Å². The van der Waals surface area contributed by atoms with Gasteiger partial charge in [0.15, 0.2) is 0 Å². The summed E-state index contributed by atoms with van der Waals surface area (Å²) in [5.41, 5.74) is 0. The predicted molar refractivity (Wildman–Crippen MR) is 45.2 cm³/mol. The Hall–Kier alpha value is -1.50. The number of carbonyl (C=O) groups excluding carboxylic acids is 2. The van der Waals surface area contributed by atoms with Gasteiger partial charge in [0.2, 0.25) is 5.91 Å². The fourth-order valence-electron chi connectivity index (χ4n) is 0.368. The van der Waals surface area contributed by atoms with Crippen LogP contribution in [0.15, 0.2) is 0 Å². The minimum atomic E-state index is -0.429. The lowest BCUT2D eigenvalue weighted by Gasteiger charge is -1.99. The van der Waals surface area contributed by atoms with Crippen LogP contribution in [0.2, 0.25) is 0 Å². The van der Waals surface area contributed by atoms with Crippen LogP contribution >= 0.6 is 0 Å². The second-order valence-corrected chi connectivity index (χ2v) is 1.71. The van der Waals surface area contributed by atoms with E-state index in [1.165, 1.54) is 7.11 Å². The maximum atomic E-state index is 10.5. The minimum Gasteiger partial charge on any atom is -0.468 e.